The van der Waals surface area contributed by atoms with E-state index >= 15 is 0 Å². The summed E-state index contributed by atoms with van der Waals surface area (Å²) in [5.41, 5.74) is 0.125. The number of likely N-dealkylation sites (tertiary alicyclic amines) is 2. The van der Waals surface area contributed by atoms with Crippen molar-refractivity contribution in [2.45, 2.75) is 38.8 Å². The van der Waals surface area contributed by atoms with E-state index in [9.17, 15) is 9.90 Å². The predicted molar refractivity (Wildman–Crippen MR) is 84.9 cm³/mol. The van der Waals surface area contributed by atoms with Crippen molar-refractivity contribution in [2.24, 2.45) is 5.41 Å². The van der Waals surface area contributed by atoms with Crippen molar-refractivity contribution >= 4 is 5.91 Å². The molecule has 2 saturated heterocycles. The number of nitrogens with zero attached hydrogens (tertiary/aromatic N) is 4. The van der Waals surface area contributed by atoms with Gasteiger partial charge in [-0.25, -0.2) is 0 Å². The maximum absolute atomic E-state index is 12.0. The Labute approximate surface area is 141 Å². The Kier molecular flexibility index (Phi) is 5.47. The number of hydrogen-bond acceptors (Lipinski definition) is 7. The number of aliphatic hydroxyl groups is 1. The van der Waals surface area contributed by atoms with Crippen molar-refractivity contribution in [3.05, 3.63) is 11.7 Å². The van der Waals surface area contributed by atoms with Crippen molar-refractivity contribution in [1.29, 1.82) is 0 Å². The molecule has 0 aromatic carbocycles. The van der Waals surface area contributed by atoms with Gasteiger partial charge in [-0.05, 0) is 25.8 Å². The molecule has 1 N–H and O–H groups in total. The van der Waals surface area contributed by atoms with Crippen LogP contribution in [0, 0.1) is 5.41 Å². The van der Waals surface area contributed by atoms with Crippen LogP contribution in [0.4, 0.5) is 0 Å². The van der Waals surface area contributed by atoms with Crippen LogP contribution in [0.5, 0.6) is 0 Å². The van der Waals surface area contributed by atoms with Gasteiger partial charge in [0.25, 0.3) is 5.89 Å². The van der Waals surface area contributed by atoms with Crippen LogP contribution in [0.3, 0.4) is 0 Å². The minimum atomic E-state index is 0.0245. The lowest BCUT2D eigenvalue weighted by atomic mass is 9.73. The number of aliphatic hydroxyl groups excluding tert-OH is 1. The van der Waals surface area contributed by atoms with E-state index in [-0.39, 0.29) is 17.9 Å². The fourth-order valence-electron chi connectivity index (χ4n) is 3.94. The first-order valence-electron chi connectivity index (χ1n) is 8.55. The predicted octanol–water partition coefficient (Wildman–Crippen LogP) is 0.413. The second kappa shape index (κ2) is 7.58. The number of methoxy groups -OCH3 is 1. The Balaban J connectivity index is 1.61. The van der Waals surface area contributed by atoms with E-state index in [1.54, 1.807) is 7.11 Å². The Hall–Kier alpha value is -1.51. The quantitative estimate of drug-likeness (QED) is 0.803. The minimum absolute atomic E-state index is 0.0245. The van der Waals surface area contributed by atoms with Crippen LogP contribution in [0.15, 0.2) is 4.52 Å². The lowest BCUT2D eigenvalue weighted by Crippen LogP contribution is -2.54. The molecule has 1 spiro atoms. The Bertz CT molecular complexity index is 564. The van der Waals surface area contributed by atoms with Gasteiger partial charge in [0.1, 0.15) is 6.61 Å². The molecule has 0 bridgehead atoms. The van der Waals surface area contributed by atoms with Crippen LogP contribution in [0.2, 0.25) is 0 Å². The highest BCUT2D eigenvalue weighted by atomic mass is 16.5. The topological polar surface area (TPSA) is 91.9 Å². The summed E-state index contributed by atoms with van der Waals surface area (Å²) in [7, 11) is 1.60. The van der Waals surface area contributed by atoms with Crippen LogP contribution in [0.25, 0.3) is 0 Å². The summed E-state index contributed by atoms with van der Waals surface area (Å²) >= 11 is 0. The summed E-state index contributed by atoms with van der Waals surface area (Å²) in [6.07, 6.45) is 3.73. The van der Waals surface area contributed by atoms with Crippen LogP contribution in [0.1, 0.15) is 37.4 Å². The molecule has 2 aliphatic heterocycles. The largest absolute Gasteiger partial charge is 0.395 e. The molecular weight excluding hydrogens is 312 g/mol. The highest BCUT2D eigenvalue weighted by Gasteiger charge is 2.41. The Morgan fingerprint density at radius 3 is 3.04 bits per heavy atom. The van der Waals surface area contributed by atoms with Gasteiger partial charge in [0.15, 0.2) is 5.82 Å². The smallest absolute Gasteiger partial charge is 0.252 e. The minimum Gasteiger partial charge on any atom is -0.395 e. The van der Waals surface area contributed by atoms with Crippen LogP contribution in [-0.2, 0) is 22.7 Å². The first-order chi connectivity index (χ1) is 11.6. The summed E-state index contributed by atoms with van der Waals surface area (Å²) in [6.45, 7) is 4.12. The second-order valence-corrected chi connectivity index (χ2v) is 6.89. The Morgan fingerprint density at radius 1 is 1.38 bits per heavy atom. The molecule has 24 heavy (non-hydrogen) atoms. The highest BCUT2D eigenvalue weighted by Crippen LogP contribution is 2.39. The molecule has 2 fully saturated rings. The zero-order valence-electron chi connectivity index (χ0n) is 14.2. The SMILES string of the molecule is COCc1nc(CN2CCCC3(CCC(=O)N(CCO)C3)C2)no1. The molecule has 1 aromatic rings. The zero-order valence-corrected chi connectivity index (χ0v) is 14.2. The zero-order chi connectivity index (χ0) is 17.0. The van der Waals surface area contributed by atoms with Crippen molar-refractivity contribution in [3.63, 3.8) is 0 Å². The third kappa shape index (κ3) is 3.93. The molecule has 8 heteroatoms. The van der Waals surface area contributed by atoms with Gasteiger partial charge >= 0.3 is 0 Å². The number of hydrogen-bond donors (Lipinski definition) is 1. The number of aromatic nitrogens is 2. The van der Waals surface area contributed by atoms with Gasteiger partial charge in [0.2, 0.25) is 5.91 Å². The van der Waals surface area contributed by atoms with Crippen molar-refractivity contribution in [2.75, 3.05) is 39.9 Å². The maximum atomic E-state index is 12.0. The molecule has 1 aromatic heterocycles. The summed E-state index contributed by atoms with van der Waals surface area (Å²) in [4.78, 5) is 20.5. The lowest BCUT2D eigenvalue weighted by molar-refractivity contribution is -0.140. The van der Waals surface area contributed by atoms with E-state index < -0.39 is 0 Å². The molecule has 0 radical (unpaired) electrons. The van der Waals surface area contributed by atoms with Gasteiger partial charge in [-0.3, -0.25) is 9.69 Å². The average molecular weight is 338 g/mol. The van der Waals surface area contributed by atoms with Crippen molar-refractivity contribution in [3.8, 4) is 0 Å². The fourth-order valence-corrected chi connectivity index (χ4v) is 3.94. The number of amides is 1. The second-order valence-electron chi connectivity index (χ2n) is 6.89. The summed E-state index contributed by atoms with van der Waals surface area (Å²) in [5.74, 6) is 1.34. The van der Waals surface area contributed by atoms with Crippen LogP contribution >= 0.6 is 0 Å². The monoisotopic (exact) mass is 338 g/mol. The first-order valence-corrected chi connectivity index (χ1v) is 8.55. The summed E-state index contributed by atoms with van der Waals surface area (Å²) in [5, 5.41) is 13.2. The number of carbonyl (C=O) groups is 1. The molecule has 1 atom stereocenters. The van der Waals surface area contributed by atoms with Gasteiger partial charge in [-0.1, -0.05) is 5.16 Å². The standard InChI is InChI=1S/C16H26N4O4/c1-23-10-14-17-13(18-24-14)9-19-6-2-4-16(11-19)5-3-15(22)20(12-16)7-8-21/h21H,2-12H2,1H3. The van der Waals surface area contributed by atoms with E-state index in [4.69, 9.17) is 9.26 Å². The van der Waals surface area contributed by atoms with Crippen molar-refractivity contribution < 1.29 is 19.2 Å². The van der Waals surface area contributed by atoms with Gasteiger partial charge in [-0.2, -0.15) is 4.98 Å². The van der Waals surface area contributed by atoms with E-state index in [0.717, 1.165) is 38.9 Å². The first kappa shape index (κ1) is 17.3. The summed E-state index contributed by atoms with van der Waals surface area (Å²) in [6, 6.07) is 0. The molecule has 3 heterocycles. The van der Waals surface area contributed by atoms with Gasteiger partial charge < -0.3 is 19.3 Å². The molecule has 1 unspecified atom stereocenters. The van der Waals surface area contributed by atoms with E-state index in [1.165, 1.54) is 0 Å². The number of ether oxygens (including phenoxy) is 1. The number of piperidine rings is 2. The molecule has 134 valence electrons. The van der Waals surface area contributed by atoms with Gasteiger partial charge in [0.05, 0.1) is 13.2 Å². The average Bonchev–Trinajstić information content (AvgIpc) is 2.99. The van der Waals surface area contributed by atoms with Crippen molar-refractivity contribution in [1.82, 2.24) is 19.9 Å². The van der Waals surface area contributed by atoms with Crippen LogP contribution < -0.4 is 0 Å². The van der Waals surface area contributed by atoms with E-state index in [1.807, 2.05) is 4.90 Å². The molecule has 8 nitrogen and oxygen atoms in total. The Morgan fingerprint density at radius 2 is 2.25 bits per heavy atom. The molecule has 0 aliphatic carbocycles. The molecule has 0 saturated carbocycles. The highest BCUT2D eigenvalue weighted by molar-refractivity contribution is 5.77. The number of rotatable bonds is 6. The number of β-amino-alcohol motifs (C(OH)–C–C–N with tert-alkyl or cyclic N) is 1. The molecule has 3 rings (SSSR count). The van der Waals surface area contributed by atoms with E-state index in [2.05, 4.69) is 15.0 Å². The molecular formula is C16H26N4O4. The summed E-state index contributed by atoms with van der Waals surface area (Å²) < 4.78 is 10.2. The van der Waals surface area contributed by atoms with Gasteiger partial charge in [0, 0.05) is 38.6 Å². The van der Waals surface area contributed by atoms with Crippen LogP contribution in [-0.4, -0.2) is 70.8 Å². The maximum Gasteiger partial charge on any atom is 0.252 e. The fraction of sp³-hybridized carbons (Fsp3) is 0.812. The third-order valence-corrected chi connectivity index (χ3v) is 5.00. The number of carbonyl (C=O) groups excluding carboxylic acids is 1. The van der Waals surface area contributed by atoms with Gasteiger partial charge in [-0.15, -0.1) is 0 Å². The van der Waals surface area contributed by atoms with E-state index in [0.29, 0.717) is 37.8 Å². The molecule has 2 aliphatic rings. The normalized spacial score (nSPS) is 25.6. The molecule has 1 amide bonds. The lowest BCUT2D eigenvalue weighted by Gasteiger charge is -2.48. The third-order valence-electron chi connectivity index (χ3n) is 5.00.